The van der Waals surface area contributed by atoms with Gasteiger partial charge in [0.1, 0.15) is 5.82 Å². The molecule has 1 atom stereocenters. The molecule has 0 unspecified atom stereocenters. The first kappa shape index (κ1) is 20.7. The Balaban J connectivity index is 1.78. The number of primary amides is 1. The fraction of sp³-hybridized carbons (Fsp3) is 0.250. The van der Waals surface area contributed by atoms with Gasteiger partial charge in [-0.3, -0.25) is 9.59 Å². The van der Waals surface area contributed by atoms with Crippen LogP contribution in [-0.4, -0.2) is 51.0 Å². The third-order valence-electron chi connectivity index (χ3n) is 4.61. The zero-order chi connectivity index (χ0) is 22.0. The van der Waals surface area contributed by atoms with Crippen LogP contribution in [0, 0.1) is 6.92 Å². The number of methoxy groups -OCH3 is 1. The zero-order valence-corrected chi connectivity index (χ0v) is 17.7. The molecule has 3 N–H and O–H groups in total. The molecule has 0 fully saturated rings. The molecule has 1 aromatic carbocycles. The van der Waals surface area contributed by atoms with Crippen molar-refractivity contribution < 1.29 is 19.1 Å². The van der Waals surface area contributed by atoms with E-state index in [1.807, 2.05) is 19.1 Å². The molecule has 11 heteroatoms. The normalized spacial score (nSPS) is 15.5. The summed E-state index contributed by atoms with van der Waals surface area (Å²) in [5.41, 5.74) is 7.66. The smallest absolute Gasteiger partial charge is 0.255 e. The minimum Gasteiger partial charge on any atom is -0.493 e. The second-order valence-electron chi connectivity index (χ2n) is 6.71. The van der Waals surface area contributed by atoms with Crippen LogP contribution in [0.3, 0.4) is 0 Å². The highest BCUT2D eigenvalue weighted by Gasteiger charge is 2.31. The molecular weight excluding hydrogens is 420 g/mol. The van der Waals surface area contributed by atoms with Crippen LogP contribution in [0.5, 0.6) is 11.5 Å². The van der Waals surface area contributed by atoms with E-state index >= 15 is 0 Å². The predicted molar refractivity (Wildman–Crippen MR) is 115 cm³/mol. The second-order valence-corrected chi connectivity index (χ2v) is 7.81. The number of nitrogens with one attached hydrogen (secondary N) is 1. The van der Waals surface area contributed by atoms with Gasteiger partial charge in [0, 0.05) is 18.0 Å². The number of fused-ring (bicyclic) bond motifs is 1. The molecule has 0 radical (unpaired) electrons. The molecule has 0 aliphatic carbocycles. The summed E-state index contributed by atoms with van der Waals surface area (Å²) in [7, 11) is 1.52. The van der Waals surface area contributed by atoms with Crippen LogP contribution >= 0.6 is 11.8 Å². The summed E-state index contributed by atoms with van der Waals surface area (Å²) in [6.45, 7) is 1.63. The largest absolute Gasteiger partial charge is 0.493 e. The standard InChI is InChI=1S/C20H20N6O4S/c1-11-17-18(12-4-5-13(14(8-12)29-2)30-9-15(21)27)31-10-16(28)24-19(17)26(25-11)20-22-6-3-7-23-20/h3-8,18H,9-10H2,1-2H3,(H2,21,27)(H,24,28)/t18-/m1/s1. The van der Waals surface area contributed by atoms with Crippen molar-refractivity contribution in [3.63, 3.8) is 0 Å². The van der Waals surface area contributed by atoms with Crippen LogP contribution in [-0.2, 0) is 9.59 Å². The molecule has 0 saturated carbocycles. The van der Waals surface area contributed by atoms with E-state index in [1.54, 1.807) is 29.2 Å². The maximum absolute atomic E-state index is 12.4. The van der Waals surface area contributed by atoms with Crippen molar-refractivity contribution in [1.82, 2.24) is 19.7 Å². The Hall–Kier alpha value is -3.60. The minimum absolute atomic E-state index is 0.140. The molecule has 10 nitrogen and oxygen atoms in total. The first-order valence-electron chi connectivity index (χ1n) is 9.35. The summed E-state index contributed by atoms with van der Waals surface area (Å²) >= 11 is 1.48. The van der Waals surface area contributed by atoms with Crippen LogP contribution in [0.2, 0.25) is 0 Å². The highest BCUT2D eigenvalue weighted by Crippen LogP contribution is 2.45. The number of ether oxygens (including phenoxy) is 2. The van der Waals surface area contributed by atoms with Crippen LogP contribution < -0.4 is 20.5 Å². The molecule has 160 valence electrons. The van der Waals surface area contributed by atoms with E-state index < -0.39 is 5.91 Å². The lowest BCUT2D eigenvalue weighted by molar-refractivity contribution is -0.120. The van der Waals surface area contributed by atoms with E-state index in [1.165, 1.54) is 18.9 Å². The van der Waals surface area contributed by atoms with E-state index in [0.29, 0.717) is 23.3 Å². The van der Waals surface area contributed by atoms with Gasteiger partial charge in [-0.15, -0.1) is 11.8 Å². The molecule has 4 rings (SSSR count). The van der Waals surface area contributed by atoms with E-state index in [4.69, 9.17) is 15.2 Å². The fourth-order valence-corrected chi connectivity index (χ4v) is 4.49. The maximum Gasteiger partial charge on any atom is 0.255 e. The quantitative estimate of drug-likeness (QED) is 0.590. The Morgan fingerprint density at radius 3 is 2.81 bits per heavy atom. The molecule has 1 aliphatic heterocycles. The lowest BCUT2D eigenvalue weighted by Crippen LogP contribution is -2.20. The third-order valence-corrected chi connectivity index (χ3v) is 5.88. The number of nitrogens with two attached hydrogens (primary N) is 1. The summed E-state index contributed by atoms with van der Waals surface area (Å²) in [5, 5.41) is 7.31. The average Bonchev–Trinajstić information content (AvgIpc) is 2.97. The molecule has 1 aliphatic rings. The van der Waals surface area contributed by atoms with Gasteiger partial charge in [0.05, 0.1) is 23.8 Å². The molecule has 3 aromatic rings. The number of rotatable bonds is 6. The van der Waals surface area contributed by atoms with Crippen LogP contribution in [0.25, 0.3) is 5.95 Å². The summed E-state index contributed by atoms with van der Waals surface area (Å²) in [5.74, 6) is 1.31. The topological polar surface area (TPSA) is 134 Å². The monoisotopic (exact) mass is 440 g/mol. The Bertz CT molecular complexity index is 1130. The number of aryl methyl sites for hydroxylation is 1. The van der Waals surface area contributed by atoms with Gasteiger partial charge in [-0.2, -0.15) is 9.78 Å². The maximum atomic E-state index is 12.4. The summed E-state index contributed by atoms with van der Waals surface area (Å²) in [6.07, 6.45) is 3.23. The van der Waals surface area contributed by atoms with Crippen LogP contribution in [0.1, 0.15) is 22.1 Å². The van der Waals surface area contributed by atoms with E-state index in [2.05, 4.69) is 20.4 Å². The van der Waals surface area contributed by atoms with Gasteiger partial charge in [-0.1, -0.05) is 6.07 Å². The molecular formula is C20H20N6O4S. The number of hydrogen-bond donors (Lipinski definition) is 2. The number of aromatic nitrogens is 4. The number of amides is 2. The summed E-state index contributed by atoms with van der Waals surface area (Å²) in [6, 6.07) is 7.12. The molecule has 31 heavy (non-hydrogen) atoms. The van der Waals surface area contributed by atoms with Gasteiger partial charge in [-0.25, -0.2) is 9.97 Å². The van der Waals surface area contributed by atoms with Gasteiger partial charge in [0.15, 0.2) is 18.1 Å². The number of benzene rings is 1. The zero-order valence-electron chi connectivity index (χ0n) is 16.9. The third kappa shape index (κ3) is 4.17. The Labute approximate surface area is 182 Å². The molecule has 3 heterocycles. The second kappa shape index (κ2) is 8.64. The molecule has 0 saturated heterocycles. The molecule has 0 bridgehead atoms. The highest BCUT2D eigenvalue weighted by atomic mass is 32.2. The Morgan fingerprint density at radius 2 is 2.10 bits per heavy atom. The van der Waals surface area contributed by atoms with Crippen molar-refractivity contribution in [3.8, 4) is 17.4 Å². The number of anilines is 1. The van der Waals surface area contributed by atoms with Gasteiger partial charge >= 0.3 is 0 Å². The van der Waals surface area contributed by atoms with Crippen molar-refractivity contribution in [3.05, 3.63) is 53.5 Å². The van der Waals surface area contributed by atoms with Crippen LogP contribution in [0.15, 0.2) is 36.7 Å². The van der Waals surface area contributed by atoms with E-state index in [9.17, 15) is 9.59 Å². The van der Waals surface area contributed by atoms with Gasteiger partial charge in [0.2, 0.25) is 5.91 Å². The lowest BCUT2D eigenvalue weighted by atomic mass is 10.0. The first-order valence-corrected chi connectivity index (χ1v) is 10.4. The van der Waals surface area contributed by atoms with Crippen LogP contribution in [0.4, 0.5) is 5.82 Å². The molecule has 0 spiro atoms. The van der Waals surface area contributed by atoms with E-state index in [0.717, 1.165) is 16.8 Å². The minimum atomic E-state index is -0.578. The van der Waals surface area contributed by atoms with Gasteiger partial charge < -0.3 is 20.5 Å². The number of thioether (sulfide) groups is 1. The molecule has 2 amide bonds. The SMILES string of the molecule is COc1cc([C@H]2SCC(=O)Nc3c2c(C)nn3-c2ncccn2)ccc1OCC(N)=O. The predicted octanol–water partition coefficient (Wildman–Crippen LogP) is 1.62. The van der Waals surface area contributed by atoms with Crippen molar-refractivity contribution in [2.75, 3.05) is 24.8 Å². The van der Waals surface area contributed by atoms with Gasteiger partial charge in [-0.05, 0) is 30.7 Å². The number of carbonyl (C=O) groups is 2. The van der Waals surface area contributed by atoms with Crippen molar-refractivity contribution in [2.24, 2.45) is 5.73 Å². The molecule has 2 aromatic heterocycles. The number of carbonyl (C=O) groups excluding carboxylic acids is 2. The van der Waals surface area contributed by atoms with Crippen molar-refractivity contribution >= 4 is 29.4 Å². The highest BCUT2D eigenvalue weighted by molar-refractivity contribution is 8.00. The van der Waals surface area contributed by atoms with E-state index in [-0.39, 0.29) is 23.5 Å². The Morgan fingerprint density at radius 1 is 1.32 bits per heavy atom. The number of hydrogen-bond acceptors (Lipinski definition) is 8. The van der Waals surface area contributed by atoms with Crippen molar-refractivity contribution in [1.29, 1.82) is 0 Å². The fourth-order valence-electron chi connectivity index (χ4n) is 3.31. The Kier molecular flexibility index (Phi) is 5.76. The van der Waals surface area contributed by atoms with Crippen molar-refractivity contribution in [2.45, 2.75) is 12.2 Å². The van der Waals surface area contributed by atoms with Gasteiger partial charge in [0.25, 0.3) is 11.9 Å². The lowest BCUT2D eigenvalue weighted by Gasteiger charge is -2.18. The number of nitrogens with zero attached hydrogens (tertiary/aromatic N) is 4. The average molecular weight is 440 g/mol. The first-order chi connectivity index (χ1) is 15.0. The summed E-state index contributed by atoms with van der Waals surface area (Å²) < 4.78 is 12.4. The summed E-state index contributed by atoms with van der Waals surface area (Å²) in [4.78, 5) is 32.0.